The van der Waals surface area contributed by atoms with Crippen LogP contribution in [-0.2, 0) is 6.54 Å². The normalized spacial score (nSPS) is 10.7. The maximum absolute atomic E-state index is 13.3. The Balaban J connectivity index is 1.43. The van der Waals surface area contributed by atoms with Crippen LogP contribution in [-0.4, -0.2) is 20.8 Å². The molecule has 0 saturated carbocycles. The van der Waals surface area contributed by atoms with Gasteiger partial charge in [-0.05, 0) is 17.7 Å². The molecule has 0 bridgehead atoms. The number of rotatable bonds is 5. The van der Waals surface area contributed by atoms with Crippen LogP contribution in [0.25, 0.3) is 11.3 Å². The van der Waals surface area contributed by atoms with Gasteiger partial charge in [-0.15, -0.1) is 0 Å². The van der Waals surface area contributed by atoms with Gasteiger partial charge >= 0.3 is 0 Å². The Morgan fingerprint density at radius 2 is 1.96 bits per heavy atom. The molecular weight excluding hydrogens is 347 g/mol. The van der Waals surface area contributed by atoms with Crippen molar-refractivity contribution in [3.8, 4) is 11.3 Å². The second-order valence-electron chi connectivity index (χ2n) is 5.95. The first-order valence-corrected chi connectivity index (χ1v) is 8.28. The molecule has 0 aliphatic heterocycles. The van der Waals surface area contributed by atoms with Crippen molar-refractivity contribution in [1.82, 2.24) is 14.9 Å². The van der Waals surface area contributed by atoms with Crippen LogP contribution < -0.4 is 5.32 Å². The fourth-order valence-corrected chi connectivity index (χ4v) is 2.65. The van der Waals surface area contributed by atoms with Gasteiger partial charge in [-0.1, -0.05) is 47.6 Å². The predicted molar refractivity (Wildman–Crippen MR) is 97.6 cm³/mol. The Bertz CT molecular complexity index is 1070. The number of hydrogen-bond donors (Lipinski definition) is 1. The number of nitrogens with zero attached hydrogens (tertiary/aromatic N) is 3. The van der Waals surface area contributed by atoms with Gasteiger partial charge in [-0.25, -0.2) is 4.39 Å². The van der Waals surface area contributed by atoms with E-state index in [1.54, 1.807) is 23.0 Å². The molecule has 7 heteroatoms. The Hall–Kier alpha value is -3.74. The maximum Gasteiger partial charge on any atom is 0.277 e. The number of carbonyl (C=O) groups excluding carboxylic acids is 1. The van der Waals surface area contributed by atoms with E-state index in [1.807, 2.05) is 36.4 Å². The summed E-state index contributed by atoms with van der Waals surface area (Å²) in [6.45, 7) is 0.399. The Morgan fingerprint density at radius 3 is 2.78 bits per heavy atom. The van der Waals surface area contributed by atoms with Crippen LogP contribution in [0.2, 0.25) is 0 Å². The van der Waals surface area contributed by atoms with Gasteiger partial charge in [-0.2, -0.15) is 5.10 Å². The lowest BCUT2D eigenvalue weighted by molar-refractivity contribution is 0.101. The Morgan fingerprint density at radius 1 is 1.11 bits per heavy atom. The number of nitrogens with one attached hydrogen (secondary N) is 1. The van der Waals surface area contributed by atoms with Crippen molar-refractivity contribution in [1.29, 1.82) is 0 Å². The predicted octanol–water partition coefficient (Wildman–Crippen LogP) is 3.98. The highest BCUT2D eigenvalue weighted by Crippen LogP contribution is 2.20. The van der Waals surface area contributed by atoms with E-state index >= 15 is 0 Å². The van der Waals surface area contributed by atoms with Gasteiger partial charge in [0.1, 0.15) is 5.82 Å². The molecule has 2 aromatic heterocycles. The van der Waals surface area contributed by atoms with Crippen LogP contribution in [0.1, 0.15) is 16.1 Å². The summed E-state index contributed by atoms with van der Waals surface area (Å²) in [7, 11) is 0. The zero-order chi connectivity index (χ0) is 18.6. The van der Waals surface area contributed by atoms with E-state index in [1.165, 1.54) is 18.3 Å². The molecule has 0 saturated heterocycles. The summed E-state index contributed by atoms with van der Waals surface area (Å²) in [5.41, 5.74) is 2.30. The quantitative estimate of drug-likeness (QED) is 0.583. The molecule has 0 fully saturated rings. The minimum atomic E-state index is -0.397. The third-order valence-corrected chi connectivity index (χ3v) is 3.93. The maximum atomic E-state index is 13.3. The highest BCUT2D eigenvalue weighted by Gasteiger charge is 2.14. The zero-order valence-electron chi connectivity index (χ0n) is 14.2. The first-order chi connectivity index (χ1) is 13.2. The highest BCUT2D eigenvalue weighted by molar-refractivity contribution is 6.03. The SMILES string of the molecule is O=C(Nc1cnn(Cc2cccc(F)c2)c1)c1cc(-c2ccccc2)on1. The van der Waals surface area contributed by atoms with E-state index in [0.717, 1.165) is 11.1 Å². The molecule has 0 spiro atoms. The molecule has 0 unspecified atom stereocenters. The largest absolute Gasteiger partial charge is 0.355 e. The molecule has 134 valence electrons. The Labute approximate surface area is 154 Å². The lowest BCUT2D eigenvalue weighted by Gasteiger charge is -2.02. The van der Waals surface area contributed by atoms with E-state index in [2.05, 4.69) is 15.6 Å². The molecule has 1 N–H and O–H groups in total. The molecule has 2 heterocycles. The van der Waals surface area contributed by atoms with Crippen LogP contribution in [0.3, 0.4) is 0 Å². The number of amides is 1. The molecule has 0 aliphatic rings. The number of benzene rings is 2. The van der Waals surface area contributed by atoms with Crippen LogP contribution >= 0.6 is 0 Å². The third kappa shape index (κ3) is 3.92. The van der Waals surface area contributed by atoms with Gasteiger partial charge in [0.05, 0.1) is 18.4 Å². The number of carbonyl (C=O) groups is 1. The molecule has 6 nitrogen and oxygen atoms in total. The standard InChI is InChI=1S/C20H15FN4O2/c21-16-8-4-5-14(9-16)12-25-13-17(11-22-25)23-20(26)18-10-19(27-24-18)15-6-2-1-3-7-15/h1-11,13H,12H2,(H,23,26). The second-order valence-corrected chi connectivity index (χ2v) is 5.95. The second kappa shape index (κ2) is 7.25. The molecule has 27 heavy (non-hydrogen) atoms. The van der Waals surface area contributed by atoms with Crippen LogP contribution in [0.15, 0.2) is 77.6 Å². The summed E-state index contributed by atoms with van der Waals surface area (Å²) >= 11 is 0. The fraction of sp³-hybridized carbons (Fsp3) is 0.0500. The minimum absolute atomic E-state index is 0.173. The van der Waals surface area contributed by atoms with Gasteiger partial charge in [-0.3, -0.25) is 9.48 Å². The monoisotopic (exact) mass is 362 g/mol. The fourth-order valence-electron chi connectivity index (χ4n) is 2.65. The van der Waals surface area contributed by atoms with Crippen molar-refractivity contribution in [2.75, 3.05) is 5.32 Å². The van der Waals surface area contributed by atoms with Crippen molar-refractivity contribution in [2.45, 2.75) is 6.54 Å². The van der Waals surface area contributed by atoms with Gasteiger partial charge in [0.15, 0.2) is 11.5 Å². The van der Waals surface area contributed by atoms with Crippen molar-refractivity contribution in [3.05, 3.63) is 90.1 Å². The molecule has 0 atom stereocenters. The van der Waals surface area contributed by atoms with Crippen molar-refractivity contribution < 1.29 is 13.7 Å². The first-order valence-electron chi connectivity index (χ1n) is 8.28. The molecule has 4 rings (SSSR count). The van der Waals surface area contributed by atoms with E-state index in [4.69, 9.17) is 4.52 Å². The molecule has 4 aromatic rings. The van der Waals surface area contributed by atoms with Crippen LogP contribution in [0.4, 0.5) is 10.1 Å². The average molecular weight is 362 g/mol. The van der Waals surface area contributed by atoms with Crippen LogP contribution in [0.5, 0.6) is 0 Å². The van der Waals surface area contributed by atoms with Gasteiger partial charge in [0.2, 0.25) is 0 Å². The molecule has 2 aromatic carbocycles. The van der Waals surface area contributed by atoms with E-state index in [0.29, 0.717) is 18.0 Å². The summed E-state index contributed by atoms with van der Waals surface area (Å²) in [4.78, 5) is 12.4. The number of hydrogen-bond acceptors (Lipinski definition) is 4. The molecule has 1 amide bonds. The highest BCUT2D eigenvalue weighted by atomic mass is 19.1. The van der Waals surface area contributed by atoms with Crippen molar-refractivity contribution >= 4 is 11.6 Å². The molecular formula is C20H15FN4O2. The van der Waals surface area contributed by atoms with Gasteiger partial charge < -0.3 is 9.84 Å². The van der Waals surface area contributed by atoms with E-state index in [9.17, 15) is 9.18 Å². The summed E-state index contributed by atoms with van der Waals surface area (Å²) < 4.78 is 20.1. The van der Waals surface area contributed by atoms with Crippen molar-refractivity contribution in [3.63, 3.8) is 0 Å². The summed E-state index contributed by atoms with van der Waals surface area (Å²) in [5.74, 6) is -0.178. The van der Waals surface area contributed by atoms with E-state index in [-0.39, 0.29) is 11.5 Å². The average Bonchev–Trinajstić information content (AvgIpc) is 3.32. The summed E-state index contributed by atoms with van der Waals surface area (Å²) in [6, 6.07) is 17.3. The third-order valence-electron chi connectivity index (χ3n) is 3.93. The first kappa shape index (κ1) is 16.7. The number of halogens is 1. The minimum Gasteiger partial charge on any atom is -0.355 e. The van der Waals surface area contributed by atoms with Crippen molar-refractivity contribution in [2.24, 2.45) is 0 Å². The summed E-state index contributed by atoms with van der Waals surface area (Å²) in [5, 5.41) is 10.7. The lowest BCUT2D eigenvalue weighted by atomic mass is 10.1. The van der Waals surface area contributed by atoms with Crippen LogP contribution in [0, 0.1) is 5.82 Å². The number of aromatic nitrogens is 3. The zero-order valence-corrected chi connectivity index (χ0v) is 14.2. The smallest absolute Gasteiger partial charge is 0.277 e. The lowest BCUT2D eigenvalue weighted by Crippen LogP contribution is -2.11. The topological polar surface area (TPSA) is 73.0 Å². The summed E-state index contributed by atoms with van der Waals surface area (Å²) in [6.07, 6.45) is 3.19. The molecule has 0 radical (unpaired) electrons. The van der Waals surface area contributed by atoms with E-state index < -0.39 is 5.91 Å². The Kier molecular flexibility index (Phi) is 4.49. The van der Waals surface area contributed by atoms with Gasteiger partial charge in [0.25, 0.3) is 5.91 Å². The van der Waals surface area contributed by atoms with Gasteiger partial charge in [0, 0.05) is 17.8 Å². The number of anilines is 1. The molecule has 0 aliphatic carbocycles.